The van der Waals surface area contributed by atoms with Crippen molar-refractivity contribution in [1.82, 2.24) is 20.3 Å². The number of hydrogen-bond donors (Lipinski definition) is 0. The summed E-state index contributed by atoms with van der Waals surface area (Å²) in [5.74, 6) is 2.15. The van der Waals surface area contributed by atoms with Crippen molar-refractivity contribution in [2.24, 2.45) is 9.98 Å². The maximum absolute atomic E-state index is 4.84. The molecule has 0 N–H and O–H groups in total. The van der Waals surface area contributed by atoms with E-state index in [2.05, 4.69) is 65.0 Å². The Morgan fingerprint density at radius 1 is 0.864 bits per heavy atom. The predicted molar refractivity (Wildman–Crippen MR) is 85.0 cm³/mol. The van der Waals surface area contributed by atoms with Gasteiger partial charge in [0.25, 0.3) is 11.8 Å². The summed E-state index contributed by atoms with van der Waals surface area (Å²) in [5, 5.41) is 11.7. The van der Waals surface area contributed by atoms with Gasteiger partial charge in [0.2, 0.25) is 0 Å². The van der Waals surface area contributed by atoms with Crippen LogP contribution in [0.25, 0.3) is 0 Å². The molecule has 0 amide bonds. The second kappa shape index (κ2) is 9.01. The molecule has 22 heavy (non-hydrogen) atoms. The van der Waals surface area contributed by atoms with Crippen molar-refractivity contribution < 1.29 is 9.05 Å². The summed E-state index contributed by atoms with van der Waals surface area (Å²) in [6.07, 6.45) is 0. The summed E-state index contributed by atoms with van der Waals surface area (Å²) >= 11 is 8.86. The number of aliphatic imine (C=N–C) groups is 2. The lowest BCUT2D eigenvalue weighted by Gasteiger charge is -1.92. The van der Waals surface area contributed by atoms with Crippen LogP contribution in [-0.4, -0.2) is 30.6 Å². The Labute approximate surface area is 137 Å². The summed E-state index contributed by atoms with van der Waals surface area (Å²) in [4.78, 5) is 15.5. The van der Waals surface area contributed by atoms with Crippen LogP contribution < -0.4 is 0 Å². The third-order valence-corrected chi connectivity index (χ3v) is 2.50. The molecule has 0 aliphatic heterocycles. The molecule has 2 rings (SSSR count). The van der Waals surface area contributed by atoms with Crippen molar-refractivity contribution in [3.8, 4) is 0 Å². The largest absolute Gasteiger partial charge is 0.337 e. The molecular weight excluding hydrogens is 324 g/mol. The molecule has 0 fully saturated rings. The smallest absolute Gasteiger partial charge is 0.251 e. The lowest BCUT2D eigenvalue weighted by molar-refractivity contribution is 0.359. The first-order chi connectivity index (χ1) is 10.5. The second-order valence-electron chi connectivity index (χ2n) is 4.15. The minimum Gasteiger partial charge on any atom is -0.337 e. The molecule has 0 bridgehead atoms. The van der Waals surface area contributed by atoms with Gasteiger partial charge in [-0.3, -0.25) is 0 Å². The van der Waals surface area contributed by atoms with Crippen molar-refractivity contribution in [2.75, 3.05) is 0 Å². The van der Waals surface area contributed by atoms with Crippen LogP contribution in [0.3, 0.4) is 0 Å². The Morgan fingerprint density at radius 3 is 1.45 bits per heavy atom. The fraction of sp³-hybridized carbons (Fsp3) is 0.500. The van der Waals surface area contributed by atoms with Crippen LogP contribution in [-0.2, 0) is 0 Å². The van der Waals surface area contributed by atoms with Crippen LogP contribution >= 0.6 is 24.4 Å². The molecule has 2 aromatic heterocycles. The van der Waals surface area contributed by atoms with Gasteiger partial charge in [-0.15, -0.1) is 0 Å². The molecule has 0 aromatic carbocycles. The predicted octanol–water partition coefficient (Wildman–Crippen LogP) is 3.08. The lowest BCUT2D eigenvalue weighted by atomic mass is 10.4. The molecule has 10 heteroatoms. The van der Waals surface area contributed by atoms with Gasteiger partial charge < -0.3 is 9.05 Å². The van der Waals surface area contributed by atoms with Crippen LogP contribution in [0, 0.1) is 13.8 Å². The van der Waals surface area contributed by atoms with Gasteiger partial charge in [0.1, 0.15) is 12.1 Å². The summed E-state index contributed by atoms with van der Waals surface area (Å²) in [7, 11) is 0. The first-order valence-corrected chi connectivity index (χ1v) is 7.04. The Kier molecular flexibility index (Phi) is 7.34. The van der Waals surface area contributed by atoms with Crippen LogP contribution in [0.1, 0.15) is 49.4 Å². The molecule has 2 heterocycles. The summed E-state index contributed by atoms with van der Waals surface area (Å²) in [6, 6.07) is -0.373. The number of aryl methyl sites for hydroxylation is 2. The van der Waals surface area contributed by atoms with Gasteiger partial charge in [-0.05, 0) is 52.1 Å². The van der Waals surface area contributed by atoms with Gasteiger partial charge >= 0.3 is 0 Å². The molecule has 8 nitrogen and oxygen atoms in total. The van der Waals surface area contributed by atoms with E-state index in [1.807, 2.05) is 13.8 Å². The van der Waals surface area contributed by atoms with E-state index in [-0.39, 0.29) is 12.1 Å². The fourth-order valence-electron chi connectivity index (χ4n) is 1.23. The van der Waals surface area contributed by atoms with Crippen LogP contribution in [0.5, 0.6) is 0 Å². The minimum atomic E-state index is -0.186. The van der Waals surface area contributed by atoms with Crippen LogP contribution in [0.2, 0.25) is 0 Å². The molecule has 2 aromatic rings. The van der Waals surface area contributed by atoms with Crippen molar-refractivity contribution in [2.45, 2.75) is 39.8 Å². The highest BCUT2D eigenvalue weighted by molar-refractivity contribution is 7.78. The maximum Gasteiger partial charge on any atom is 0.251 e. The second-order valence-corrected chi connectivity index (χ2v) is 4.52. The first kappa shape index (κ1) is 17.9. The van der Waals surface area contributed by atoms with Crippen molar-refractivity contribution in [3.05, 3.63) is 23.4 Å². The first-order valence-electron chi connectivity index (χ1n) is 6.22. The molecule has 0 aliphatic rings. The molecule has 116 valence electrons. The zero-order chi connectivity index (χ0) is 16.5. The van der Waals surface area contributed by atoms with Gasteiger partial charge in [-0.1, -0.05) is 10.3 Å². The Morgan fingerprint density at radius 2 is 1.23 bits per heavy atom. The van der Waals surface area contributed by atoms with Crippen molar-refractivity contribution >= 4 is 34.8 Å². The monoisotopic (exact) mass is 338 g/mol. The van der Waals surface area contributed by atoms with E-state index in [1.165, 1.54) is 0 Å². The Bertz CT molecular complexity index is 640. The average Bonchev–Trinajstić information content (AvgIpc) is 3.09. The van der Waals surface area contributed by atoms with Crippen LogP contribution in [0.4, 0.5) is 0 Å². The number of isothiocyanates is 2. The molecule has 2 atom stereocenters. The summed E-state index contributed by atoms with van der Waals surface area (Å²) in [6.45, 7) is 7.13. The van der Waals surface area contributed by atoms with Gasteiger partial charge in [-0.2, -0.15) is 9.97 Å². The molecule has 0 unspecified atom stereocenters. The van der Waals surface area contributed by atoms with Gasteiger partial charge in [0, 0.05) is 0 Å². The summed E-state index contributed by atoms with van der Waals surface area (Å²) < 4.78 is 9.67. The van der Waals surface area contributed by atoms with E-state index in [1.54, 1.807) is 13.8 Å². The molecule has 0 saturated carbocycles. The Balaban J connectivity index is 0.000000220. The van der Waals surface area contributed by atoms with E-state index in [4.69, 9.17) is 9.05 Å². The standard InChI is InChI=1S/2C6H7N3OS/c2*1-4(7-3-11)6-8-5(2)9-10-6/h2*4H,1-2H3/t2*4-/m10/s1. The molecule has 0 saturated heterocycles. The van der Waals surface area contributed by atoms with Gasteiger partial charge in [0.15, 0.2) is 11.6 Å². The minimum absolute atomic E-state index is 0.186. The third-order valence-electron chi connectivity index (χ3n) is 2.29. The number of hydrogen-bond acceptors (Lipinski definition) is 10. The van der Waals surface area contributed by atoms with E-state index < -0.39 is 0 Å². The zero-order valence-corrected chi connectivity index (χ0v) is 14.1. The number of thiocarbonyl (C=S) groups is 2. The van der Waals surface area contributed by atoms with E-state index in [0.717, 1.165) is 0 Å². The lowest BCUT2D eigenvalue weighted by Crippen LogP contribution is -1.88. The number of rotatable bonds is 4. The number of aromatic nitrogens is 4. The SMILES string of the molecule is Cc1noc([C@@H](C)N=C=S)n1.Cc1noc([C@H](C)N=C=S)n1. The quantitative estimate of drug-likeness (QED) is 0.619. The van der Waals surface area contributed by atoms with E-state index >= 15 is 0 Å². The fourth-order valence-corrected chi connectivity index (χ4v) is 1.55. The highest BCUT2D eigenvalue weighted by Gasteiger charge is 2.10. The van der Waals surface area contributed by atoms with Gasteiger partial charge in [-0.25, -0.2) is 9.98 Å². The maximum atomic E-state index is 4.84. The Hall–Kier alpha value is -2.12. The average molecular weight is 338 g/mol. The molecule has 0 spiro atoms. The van der Waals surface area contributed by atoms with Crippen molar-refractivity contribution in [3.63, 3.8) is 0 Å². The molecule has 0 aliphatic carbocycles. The normalized spacial score (nSPS) is 12.2. The van der Waals surface area contributed by atoms with E-state index in [9.17, 15) is 0 Å². The summed E-state index contributed by atoms with van der Waals surface area (Å²) in [5.41, 5.74) is 0. The molecule has 0 radical (unpaired) electrons. The highest BCUT2D eigenvalue weighted by Crippen LogP contribution is 2.13. The zero-order valence-electron chi connectivity index (χ0n) is 12.5. The van der Waals surface area contributed by atoms with E-state index in [0.29, 0.717) is 23.4 Å². The topological polar surface area (TPSA) is 103 Å². The highest BCUT2D eigenvalue weighted by atomic mass is 32.1. The van der Waals surface area contributed by atoms with Crippen molar-refractivity contribution in [1.29, 1.82) is 0 Å². The number of nitrogens with zero attached hydrogens (tertiary/aromatic N) is 6. The molecular formula is C12H14N6O2S2. The van der Waals surface area contributed by atoms with Crippen LogP contribution in [0.15, 0.2) is 19.0 Å². The third kappa shape index (κ3) is 5.71. The van der Waals surface area contributed by atoms with Gasteiger partial charge in [0.05, 0.1) is 10.3 Å².